The second-order valence-electron chi connectivity index (χ2n) is 6.60. The van der Waals surface area contributed by atoms with E-state index >= 15 is 0 Å². The summed E-state index contributed by atoms with van der Waals surface area (Å²) in [7, 11) is 0. The van der Waals surface area contributed by atoms with E-state index < -0.39 is 0 Å². The van der Waals surface area contributed by atoms with E-state index in [0.717, 1.165) is 44.9 Å². The first-order valence-corrected chi connectivity index (χ1v) is 7.02. The number of carbonyl (C=O) groups is 1. The number of hydrogen-bond acceptors (Lipinski definition) is 1. The topological polar surface area (TPSA) is 23.6 Å². The summed E-state index contributed by atoms with van der Waals surface area (Å²) in [5.74, 6) is 0.791. The predicted molar refractivity (Wildman–Crippen MR) is 70.0 cm³/mol. The normalized spacial score (nSPS) is 26.1. The number of rotatable bonds is 0. The van der Waals surface area contributed by atoms with Crippen LogP contribution in [0.4, 0.5) is 4.79 Å². The summed E-state index contributed by atoms with van der Waals surface area (Å²) in [6.45, 7) is 10.7. The van der Waals surface area contributed by atoms with Crippen molar-refractivity contribution in [2.45, 2.75) is 46.5 Å². The average Bonchev–Trinajstić information content (AvgIpc) is 2.29. The van der Waals surface area contributed by atoms with Crippen molar-refractivity contribution in [1.82, 2.24) is 9.80 Å². The molecule has 0 radical (unpaired) electrons. The molecule has 2 fully saturated rings. The van der Waals surface area contributed by atoms with Crippen molar-refractivity contribution in [2.24, 2.45) is 11.3 Å². The molecule has 0 aromatic heterocycles. The maximum Gasteiger partial charge on any atom is 0.319 e. The lowest BCUT2D eigenvalue weighted by Gasteiger charge is -2.40. The molecule has 0 N–H and O–H groups in total. The highest BCUT2D eigenvalue weighted by Gasteiger charge is 2.31. The van der Waals surface area contributed by atoms with E-state index in [4.69, 9.17) is 0 Å². The van der Waals surface area contributed by atoms with Gasteiger partial charge in [-0.3, -0.25) is 0 Å². The van der Waals surface area contributed by atoms with Crippen molar-refractivity contribution in [3.05, 3.63) is 0 Å². The molecule has 2 amide bonds. The lowest BCUT2D eigenvalue weighted by molar-refractivity contribution is 0.102. The molecule has 98 valence electrons. The minimum Gasteiger partial charge on any atom is -0.325 e. The van der Waals surface area contributed by atoms with Gasteiger partial charge in [-0.1, -0.05) is 20.8 Å². The van der Waals surface area contributed by atoms with Crippen molar-refractivity contribution in [1.29, 1.82) is 0 Å². The molecule has 3 nitrogen and oxygen atoms in total. The van der Waals surface area contributed by atoms with E-state index in [9.17, 15) is 4.79 Å². The van der Waals surface area contributed by atoms with Crippen LogP contribution in [0.5, 0.6) is 0 Å². The molecule has 2 saturated heterocycles. The fourth-order valence-corrected chi connectivity index (χ4v) is 2.70. The molecule has 0 aromatic carbocycles. The Hall–Kier alpha value is -0.730. The second-order valence-corrected chi connectivity index (χ2v) is 6.60. The number of urea groups is 1. The minimum atomic E-state index is 0.285. The number of likely N-dealkylation sites (tertiary alicyclic amines) is 2. The smallest absolute Gasteiger partial charge is 0.319 e. The van der Waals surface area contributed by atoms with Crippen molar-refractivity contribution in [3.8, 4) is 0 Å². The van der Waals surface area contributed by atoms with Crippen LogP contribution >= 0.6 is 0 Å². The molecular weight excluding hydrogens is 212 g/mol. The third-order valence-corrected chi connectivity index (χ3v) is 4.44. The Kier molecular flexibility index (Phi) is 3.64. The second kappa shape index (κ2) is 4.87. The molecule has 0 saturated carbocycles. The van der Waals surface area contributed by atoms with Gasteiger partial charge in [0, 0.05) is 26.2 Å². The SMILES string of the molecule is CC1CCN(C(=O)N2CCC(C)(C)CC2)CC1. The van der Waals surface area contributed by atoms with Crippen LogP contribution in [0, 0.1) is 11.3 Å². The number of carbonyl (C=O) groups excluding carboxylic acids is 1. The summed E-state index contributed by atoms with van der Waals surface area (Å²) in [5, 5.41) is 0. The van der Waals surface area contributed by atoms with E-state index in [2.05, 4.69) is 30.6 Å². The monoisotopic (exact) mass is 238 g/mol. The van der Waals surface area contributed by atoms with E-state index in [0.29, 0.717) is 5.41 Å². The maximum absolute atomic E-state index is 12.3. The van der Waals surface area contributed by atoms with Gasteiger partial charge in [-0.2, -0.15) is 0 Å². The van der Waals surface area contributed by atoms with Gasteiger partial charge in [0.25, 0.3) is 0 Å². The first kappa shape index (κ1) is 12.7. The number of amides is 2. The van der Waals surface area contributed by atoms with Gasteiger partial charge < -0.3 is 9.80 Å². The van der Waals surface area contributed by atoms with Gasteiger partial charge in [0.15, 0.2) is 0 Å². The van der Waals surface area contributed by atoms with Crippen molar-refractivity contribution in [3.63, 3.8) is 0 Å². The highest BCUT2D eigenvalue weighted by Crippen LogP contribution is 2.30. The molecule has 0 bridgehead atoms. The Morgan fingerprint density at radius 1 is 1.00 bits per heavy atom. The van der Waals surface area contributed by atoms with Gasteiger partial charge in [0.2, 0.25) is 0 Å². The van der Waals surface area contributed by atoms with Crippen molar-refractivity contribution in [2.75, 3.05) is 26.2 Å². The third-order valence-electron chi connectivity index (χ3n) is 4.44. The van der Waals surface area contributed by atoms with E-state index in [1.807, 2.05) is 0 Å². The summed E-state index contributed by atoms with van der Waals surface area (Å²) in [6, 6.07) is 0.285. The molecule has 2 aliphatic rings. The number of piperidine rings is 2. The van der Waals surface area contributed by atoms with Crippen LogP contribution < -0.4 is 0 Å². The molecule has 2 heterocycles. The van der Waals surface area contributed by atoms with Crippen molar-refractivity contribution >= 4 is 6.03 Å². The first-order valence-electron chi connectivity index (χ1n) is 7.02. The largest absolute Gasteiger partial charge is 0.325 e. The Balaban J connectivity index is 1.84. The van der Waals surface area contributed by atoms with Crippen molar-refractivity contribution < 1.29 is 4.79 Å². The van der Waals surface area contributed by atoms with Crippen LogP contribution in [0.25, 0.3) is 0 Å². The Bertz CT molecular complexity index is 270. The summed E-state index contributed by atoms with van der Waals surface area (Å²) in [4.78, 5) is 16.4. The van der Waals surface area contributed by atoms with E-state index in [1.165, 1.54) is 12.8 Å². The Labute approximate surface area is 105 Å². The fourth-order valence-electron chi connectivity index (χ4n) is 2.70. The molecule has 0 aliphatic carbocycles. The van der Waals surface area contributed by atoms with Gasteiger partial charge in [-0.25, -0.2) is 4.79 Å². The Morgan fingerprint density at radius 3 is 2.00 bits per heavy atom. The first-order chi connectivity index (χ1) is 7.98. The van der Waals surface area contributed by atoms with Gasteiger partial charge in [-0.05, 0) is 37.0 Å². The molecular formula is C14H26N2O. The summed E-state index contributed by atoms with van der Waals surface area (Å²) in [5.41, 5.74) is 0.424. The van der Waals surface area contributed by atoms with E-state index in [-0.39, 0.29) is 6.03 Å². The molecule has 0 unspecified atom stereocenters. The van der Waals surface area contributed by atoms with Crippen LogP contribution in [0.15, 0.2) is 0 Å². The molecule has 2 rings (SSSR count). The zero-order valence-electron chi connectivity index (χ0n) is 11.5. The van der Waals surface area contributed by atoms with Crippen LogP contribution in [0.2, 0.25) is 0 Å². The molecule has 17 heavy (non-hydrogen) atoms. The highest BCUT2D eigenvalue weighted by molar-refractivity contribution is 5.74. The summed E-state index contributed by atoms with van der Waals surface area (Å²) >= 11 is 0. The molecule has 3 heteroatoms. The summed E-state index contributed by atoms with van der Waals surface area (Å²) < 4.78 is 0. The Morgan fingerprint density at radius 2 is 1.47 bits per heavy atom. The zero-order valence-corrected chi connectivity index (χ0v) is 11.5. The maximum atomic E-state index is 12.3. The van der Waals surface area contributed by atoms with Crippen LogP contribution in [-0.4, -0.2) is 42.0 Å². The quantitative estimate of drug-likeness (QED) is 0.636. The fraction of sp³-hybridized carbons (Fsp3) is 0.929. The molecule has 0 aromatic rings. The van der Waals surface area contributed by atoms with Crippen LogP contribution in [0.1, 0.15) is 46.5 Å². The zero-order chi connectivity index (χ0) is 12.5. The number of hydrogen-bond donors (Lipinski definition) is 0. The van der Waals surface area contributed by atoms with E-state index in [1.54, 1.807) is 0 Å². The van der Waals surface area contributed by atoms with Crippen LogP contribution in [-0.2, 0) is 0 Å². The number of nitrogens with zero attached hydrogens (tertiary/aromatic N) is 2. The minimum absolute atomic E-state index is 0.285. The summed E-state index contributed by atoms with van der Waals surface area (Å²) in [6.07, 6.45) is 4.63. The molecule has 0 spiro atoms. The highest BCUT2D eigenvalue weighted by atomic mass is 16.2. The lowest BCUT2D eigenvalue weighted by Crippen LogP contribution is -2.50. The van der Waals surface area contributed by atoms with Gasteiger partial charge in [0.05, 0.1) is 0 Å². The lowest BCUT2D eigenvalue weighted by atomic mass is 9.83. The standard InChI is InChI=1S/C14H26N2O/c1-12-4-8-15(9-5-12)13(17)16-10-6-14(2,3)7-11-16/h12H,4-11H2,1-3H3. The third kappa shape index (κ3) is 3.14. The average molecular weight is 238 g/mol. The predicted octanol–water partition coefficient (Wildman–Crippen LogP) is 2.96. The van der Waals surface area contributed by atoms with Gasteiger partial charge in [-0.15, -0.1) is 0 Å². The van der Waals surface area contributed by atoms with Gasteiger partial charge >= 0.3 is 6.03 Å². The molecule has 2 aliphatic heterocycles. The van der Waals surface area contributed by atoms with Crippen LogP contribution in [0.3, 0.4) is 0 Å². The molecule has 0 atom stereocenters. The van der Waals surface area contributed by atoms with Gasteiger partial charge in [0.1, 0.15) is 0 Å².